The number of urea groups is 1. The Kier molecular flexibility index (Phi) is 4.44. The summed E-state index contributed by atoms with van der Waals surface area (Å²) in [5, 5.41) is 14.5. The van der Waals surface area contributed by atoms with Crippen LogP contribution in [0.25, 0.3) is 0 Å². The van der Waals surface area contributed by atoms with Crippen molar-refractivity contribution in [2.75, 3.05) is 12.0 Å². The van der Waals surface area contributed by atoms with Gasteiger partial charge in [0.05, 0.1) is 5.69 Å². The first-order valence-electron chi connectivity index (χ1n) is 6.03. The summed E-state index contributed by atoms with van der Waals surface area (Å²) in [6, 6.07) is 13.2. The van der Waals surface area contributed by atoms with Crippen LogP contribution in [0.3, 0.4) is 0 Å². The summed E-state index contributed by atoms with van der Waals surface area (Å²) in [5.41, 5.74) is 1.23. The van der Waals surface area contributed by atoms with Gasteiger partial charge in [0, 0.05) is 0 Å². The largest absolute Gasteiger partial charge is 0.506 e. The number of carbonyl (C=O) groups is 1. The molecule has 2 rings (SSSR count). The third-order valence-corrected chi connectivity index (χ3v) is 2.55. The van der Waals surface area contributed by atoms with Crippen LogP contribution in [0.15, 0.2) is 48.5 Å². The lowest BCUT2D eigenvalue weighted by molar-refractivity contribution is 0.234. The van der Waals surface area contributed by atoms with Crippen LogP contribution in [0.5, 0.6) is 11.5 Å². The number of nitrogens with one attached hydrogen (secondary N) is 2. The van der Waals surface area contributed by atoms with Gasteiger partial charge in [0.1, 0.15) is 11.5 Å². The van der Waals surface area contributed by atoms with Crippen molar-refractivity contribution >= 4 is 11.7 Å². The lowest BCUT2D eigenvalue weighted by Gasteiger charge is -2.10. The molecular formula is C15H15N2O3. The highest BCUT2D eigenvalue weighted by molar-refractivity contribution is 5.90. The molecule has 103 valence electrons. The van der Waals surface area contributed by atoms with Gasteiger partial charge in [-0.15, -0.1) is 0 Å². The molecule has 0 heterocycles. The molecule has 0 saturated heterocycles. The molecule has 0 bridgehead atoms. The Morgan fingerprint density at radius 1 is 1.15 bits per heavy atom. The van der Waals surface area contributed by atoms with E-state index in [2.05, 4.69) is 17.6 Å². The number of benzene rings is 2. The van der Waals surface area contributed by atoms with Crippen LogP contribution >= 0.6 is 0 Å². The van der Waals surface area contributed by atoms with Crippen molar-refractivity contribution in [3.8, 4) is 11.5 Å². The maximum atomic E-state index is 11.6. The standard InChI is InChI=1S/C15H15N2O3/c1-11-6-8-12(9-7-11)20-10-16-15(19)17-13-4-2-3-5-14(13)18/h2-9,18H,1,10H2,(H2,16,17,19). The fraction of sp³-hybridized carbons (Fsp3) is 0.0667. The average molecular weight is 271 g/mol. The smallest absolute Gasteiger partial charge is 0.321 e. The van der Waals surface area contributed by atoms with Gasteiger partial charge in [0.2, 0.25) is 0 Å². The zero-order valence-corrected chi connectivity index (χ0v) is 10.8. The van der Waals surface area contributed by atoms with E-state index >= 15 is 0 Å². The molecule has 20 heavy (non-hydrogen) atoms. The number of anilines is 1. The summed E-state index contributed by atoms with van der Waals surface area (Å²) in [6.45, 7) is 3.79. The summed E-state index contributed by atoms with van der Waals surface area (Å²) in [6.07, 6.45) is 0. The number of rotatable bonds is 4. The molecule has 3 N–H and O–H groups in total. The van der Waals surface area contributed by atoms with Gasteiger partial charge in [-0.25, -0.2) is 4.79 Å². The fourth-order valence-electron chi connectivity index (χ4n) is 1.52. The zero-order valence-electron chi connectivity index (χ0n) is 10.8. The summed E-state index contributed by atoms with van der Waals surface area (Å²) >= 11 is 0. The van der Waals surface area contributed by atoms with Crippen LogP contribution in [0.2, 0.25) is 0 Å². The summed E-state index contributed by atoms with van der Waals surface area (Å²) in [5.74, 6) is 0.648. The molecular weight excluding hydrogens is 256 g/mol. The van der Waals surface area contributed by atoms with Gasteiger partial charge >= 0.3 is 6.03 Å². The van der Waals surface area contributed by atoms with Crippen molar-refractivity contribution in [3.63, 3.8) is 0 Å². The third-order valence-electron chi connectivity index (χ3n) is 2.55. The zero-order chi connectivity index (χ0) is 14.4. The number of hydrogen-bond acceptors (Lipinski definition) is 3. The minimum absolute atomic E-state index is 0.00889. The van der Waals surface area contributed by atoms with E-state index in [4.69, 9.17) is 4.74 Å². The van der Waals surface area contributed by atoms with Gasteiger partial charge in [-0.05, 0) is 36.8 Å². The van der Waals surface area contributed by atoms with E-state index in [1.165, 1.54) is 6.07 Å². The van der Waals surface area contributed by atoms with Crippen molar-refractivity contribution < 1.29 is 14.6 Å². The maximum absolute atomic E-state index is 11.6. The second-order valence-corrected chi connectivity index (χ2v) is 4.08. The lowest BCUT2D eigenvalue weighted by atomic mass is 10.2. The van der Waals surface area contributed by atoms with Crippen LogP contribution in [-0.2, 0) is 0 Å². The van der Waals surface area contributed by atoms with Crippen LogP contribution in [0.1, 0.15) is 5.56 Å². The molecule has 2 aromatic carbocycles. The maximum Gasteiger partial charge on any atom is 0.321 e. The van der Waals surface area contributed by atoms with Gasteiger partial charge < -0.3 is 20.5 Å². The minimum Gasteiger partial charge on any atom is -0.506 e. The Morgan fingerprint density at radius 2 is 1.85 bits per heavy atom. The number of para-hydroxylation sites is 2. The molecule has 2 amide bonds. The lowest BCUT2D eigenvalue weighted by Crippen LogP contribution is -2.32. The molecule has 0 aromatic heterocycles. The van der Waals surface area contributed by atoms with E-state index in [1.807, 2.05) is 12.1 Å². The van der Waals surface area contributed by atoms with Crippen LogP contribution < -0.4 is 15.4 Å². The van der Waals surface area contributed by atoms with Crippen molar-refractivity contribution in [2.24, 2.45) is 0 Å². The molecule has 0 aliphatic rings. The van der Waals surface area contributed by atoms with Crippen molar-refractivity contribution in [3.05, 3.63) is 61.0 Å². The second-order valence-electron chi connectivity index (χ2n) is 4.08. The quantitative estimate of drug-likeness (QED) is 0.591. The van der Waals surface area contributed by atoms with Crippen LogP contribution in [0, 0.1) is 6.92 Å². The Bertz CT molecular complexity index is 582. The Labute approximate surface area is 117 Å². The van der Waals surface area contributed by atoms with Gasteiger partial charge in [0.25, 0.3) is 0 Å². The van der Waals surface area contributed by atoms with Crippen molar-refractivity contribution in [1.82, 2.24) is 5.32 Å². The van der Waals surface area contributed by atoms with E-state index in [0.717, 1.165) is 5.56 Å². The topological polar surface area (TPSA) is 70.6 Å². The number of carbonyl (C=O) groups excluding carboxylic acids is 1. The average Bonchev–Trinajstić information content (AvgIpc) is 2.44. The van der Waals surface area contributed by atoms with E-state index < -0.39 is 6.03 Å². The third kappa shape index (κ3) is 3.91. The van der Waals surface area contributed by atoms with Gasteiger partial charge in [-0.1, -0.05) is 24.3 Å². The molecule has 5 nitrogen and oxygen atoms in total. The number of phenols is 1. The molecule has 0 atom stereocenters. The number of hydrogen-bond donors (Lipinski definition) is 3. The predicted octanol–water partition coefficient (Wildman–Crippen LogP) is 2.73. The number of ether oxygens (including phenoxy) is 1. The predicted molar refractivity (Wildman–Crippen MR) is 76.7 cm³/mol. The molecule has 0 saturated carbocycles. The minimum atomic E-state index is -0.458. The highest BCUT2D eigenvalue weighted by atomic mass is 16.5. The molecule has 0 aliphatic heterocycles. The van der Waals surface area contributed by atoms with Crippen LogP contribution in [0.4, 0.5) is 10.5 Å². The van der Waals surface area contributed by atoms with E-state index in [1.54, 1.807) is 30.3 Å². The Hall–Kier alpha value is -2.69. The van der Waals surface area contributed by atoms with Crippen molar-refractivity contribution in [1.29, 1.82) is 0 Å². The Morgan fingerprint density at radius 3 is 2.55 bits per heavy atom. The first-order valence-corrected chi connectivity index (χ1v) is 6.03. The summed E-state index contributed by atoms with van der Waals surface area (Å²) < 4.78 is 5.34. The van der Waals surface area contributed by atoms with E-state index in [-0.39, 0.29) is 12.5 Å². The SMILES string of the molecule is [CH2]c1ccc(OCNC(=O)Nc2ccccc2O)cc1. The van der Waals surface area contributed by atoms with Gasteiger partial charge in [0.15, 0.2) is 6.73 Å². The Balaban J connectivity index is 1.78. The fourth-order valence-corrected chi connectivity index (χ4v) is 1.52. The molecule has 0 aliphatic carbocycles. The summed E-state index contributed by atoms with van der Waals surface area (Å²) in [7, 11) is 0. The van der Waals surface area contributed by atoms with Gasteiger partial charge in [-0.3, -0.25) is 0 Å². The van der Waals surface area contributed by atoms with Crippen molar-refractivity contribution in [2.45, 2.75) is 0 Å². The molecule has 0 spiro atoms. The molecule has 1 radical (unpaired) electrons. The number of amides is 2. The second kappa shape index (κ2) is 6.47. The molecule has 2 aromatic rings. The number of phenolic OH excluding ortho intramolecular Hbond substituents is 1. The highest BCUT2D eigenvalue weighted by Gasteiger charge is 2.04. The number of aromatic hydroxyl groups is 1. The summed E-state index contributed by atoms with van der Waals surface area (Å²) in [4.78, 5) is 11.6. The first kappa shape index (κ1) is 13.7. The van der Waals surface area contributed by atoms with Crippen LogP contribution in [-0.4, -0.2) is 17.9 Å². The highest BCUT2D eigenvalue weighted by Crippen LogP contribution is 2.21. The normalized spacial score (nSPS) is 9.85. The van der Waals surface area contributed by atoms with Gasteiger partial charge in [-0.2, -0.15) is 0 Å². The molecule has 0 fully saturated rings. The van der Waals surface area contributed by atoms with E-state index in [9.17, 15) is 9.90 Å². The molecule has 0 unspecified atom stereocenters. The van der Waals surface area contributed by atoms with E-state index in [0.29, 0.717) is 11.4 Å². The monoisotopic (exact) mass is 271 g/mol. The first-order chi connectivity index (χ1) is 9.65. The molecule has 5 heteroatoms.